The average molecular weight is 445 g/mol. The maximum Gasteiger partial charge on any atom is 0.182 e. The lowest BCUT2D eigenvalue weighted by Gasteiger charge is -2.28. The van der Waals surface area contributed by atoms with Crippen LogP contribution >= 0.6 is 0 Å². The first-order valence-corrected chi connectivity index (χ1v) is 11.9. The molecule has 1 saturated carbocycles. The van der Waals surface area contributed by atoms with Crippen LogP contribution in [0.1, 0.15) is 26.2 Å². The predicted octanol–water partition coefficient (Wildman–Crippen LogP) is 3.41. The van der Waals surface area contributed by atoms with Crippen LogP contribution < -0.4 is 4.90 Å². The molecule has 0 aromatic carbocycles. The van der Waals surface area contributed by atoms with Gasteiger partial charge in [-0.3, -0.25) is 9.67 Å². The van der Waals surface area contributed by atoms with Crippen LogP contribution in [0.25, 0.3) is 34.1 Å². The first-order valence-electron chi connectivity index (χ1n) is 11.9. The minimum absolute atomic E-state index is 0.687. The van der Waals surface area contributed by atoms with E-state index in [4.69, 9.17) is 19.7 Å². The van der Waals surface area contributed by atoms with Crippen LogP contribution in [0.2, 0.25) is 0 Å². The van der Waals surface area contributed by atoms with Gasteiger partial charge in [0.1, 0.15) is 11.5 Å². The van der Waals surface area contributed by atoms with Crippen LogP contribution in [0.15, 0.2) is 36.8 Å². The summed E-state index contributed by atoms with van der Waals surface area (Å²) in [4.78, 5) is 21.6. The number of anilines is 1. The number of pyridine rings is 1. The molecule has 4 aromatic rings. The van der Waals surface area contributed by atoms with Gasteiger partial charge in [-0.1, -0.05) is 6.42 Å². The van der Waals surface area contributed by atoms with Crippen LogP contribution in [0.5, 0.6) is 0 Å². The Morgan fingerprint density at radius 1 is 1.00 bits per heavy atom. The molecule has 33 heavy (non-hydrogen) atoms. The predicted molar refractivity (Wildman–Crippen MR) is 126 cm³/mol. The van der Waals surface area contributed by atoms with Crippen LogP contribution in [0.3, 0.4) is 0 Å². The van der Waals surface area contributed by atoms with Crippen molar-refractivity contribution in [2.45, 2.75) is 39.3 Å². The second-order valence-electron chi connectivity index (χ2n) is 8.75. The van der Waals surface area contributed by atoms with E-state index in [1.165, 1.54) is 19.3 Å². The standard InChI is InChI=1S/C24H28N8O/c1-2-31-22(18-6-9-25-10-7-18)27-20-23(30-12-14-33-15-13-30)28-21(29-24(20)31)19-8-11-26-32(19)16-17-4-3-5-17/h6-11,17H,2-5,12-16H2,1H3. The Morgan fingerprint density at radius 3 is 2.55 bits per heavy atom. The van der Waals surface area contributed by atoms with Gasteiger partial charge in [0.25, 0.3) is 0 Å². The second-order valence-corrected chi connectivity index (χ2v) is 8.75. The second kappa shape index (κ2) is 8.55. The van der Waals surface area contributed by atoms with Gasteiger partial charge in [0.15, 0.2) is 22.8 Å². The van der Waals surface area contributed by atoms with Crippen LogP contribution in [-0.2, 0) is 17.8 Å². The van der Waals surface area contributed by atoms with Crippen LogP contribution in [0, 0.1) is 5.92 Å². The van der Waals surface area contributed by atoms with E-state index in [1.807, 2.05) is 24.4 Å². The summed E-state index contributed by atoms with van der Waals surface area (Å²) in [6.07, 6.45) is 9.32. The Balaban J connectivity index is 1.53. The molecule has 2 aliphatic rings. The molecular weight excluding hydrogens is 416 g/mol. The smallest absolute Gasteiger partial charge is 0.182 e. The molecule has 9 heteroatoms. The van der Waals surface area contributed by atoms with Gasteiger partial charge in [0.2, 0.25) is 0 Å². The number of aromatic nitrogens is 7. The van der Waals surface area contributed by atoms with E-state index in [0.717, 1.165) is 60.2 Å². The number of hydrogen-bond donors (Lipinski definition) is 0. The van der Waals surface area contributed by atoms with Gasteiger partial charge < -0.3 is 14.2 Å². The number of nitrogens with zero attached hydrogens (tertiary/aromatic N) is 8. The fourth-order valence-electron chi connectivity index (χ4n) is 4.71. The normalized spacial score (nSPS) is 16.9. The van der Waals surface area contributed by atoms with Crippen molar-refractivity contribution in [2.75, 3.05) is 31.2 Å². The molecule has 0 N–H and O–H groups in total. The Morgan fingerprint density at radius 2 is 1.82 bits per heavy atom. The molecule has 1 aliphatic heterocycles. The lowest BCUT2D eigenvalue weighted by atomic mass is 9.85. The highest BCUT2D eigenvalue weighted by atomic mass is 16.5. The summed E-state index contributed by atoms with van der Waals surface area (Å²) in [6.45, 7) is 6.76. The number of aryl methyl sites for hydroxylation is 1. The molecular formula is C24H28N8O. The summed E-state index contributed by atoms with van der Waals surface area (Å²) >= 11 is 0. The average Bonchev–Trinajstić information content (AvgIpc) is 3.46. The van der Waals surface area contributed by atoms with Crippen molar-refractivity contribution < 1.29 is 4.74 Å². The number of imidazole rings is 1. The van der Waals surface area contributed by atoms with Gasteiger partial charge in [-0.2, -0.15) is 5.10 Å². The molecule has 1 aliphatic carbocycles. The zero-order valence-corrected chi connectivity index (χ0v) is 18.9. The third-order valence-electron chi connectivity index (χ3n) is 6.74. The van der Waals surface area contributed by atoms with Crippen molar-refractivity contribution >= 4 is 17.0 Å². The maximum absolute atomic E-state index is 5.61. The van der Waals surface area contributed by atoms with Gasteiger partial charge in [-0.15, -0.1) is 0 Å². The molecule has 0 bridgehead atoms. The first-order chi connectivity index (χ1) is 16.3. The van der Waals surface area contributed by atoms with Gasteiger partial charge in [-0.25, -0.2) is 15.0 Å². The summed E-state index contributed by atoms with van der Waals surface area (Å²) < 4.78 is 9.85. The van der Waals surface area contributed by atoms with E-state index in [-0.39, 0.29) is 0 Å². The van der Waals surface area contributed by atoms with Crippen molar-refractivity contribution in [1.29, 1.82) is 0 Å². The Bertz CT molecular complexity index is 1250. The number of rotatable bonds is 6. The largest absolute Gasteiger partial charge is 0.378 e. The minimum atomic E-state index is 0.687. The number of ether oxygens (including phenoxy) is 1. The molecule has 0 amide bonds. The van der Waals surface area contributed by atoms with Gasteiger partial charge in [0, 0.05) is 50.3 Å². The lowest BCUT2D eigenvalue weighted by molar-refractivity contribution is 0.122. The highest BCUT2D eigenvalue weighted by Crippen LogP contribution is 2.33. The van der Waals surface area contributed by atoms with E-state index in [9.17, 15) is 0 Å². The Labute approximate surface area is 192 Å². The zero-order valence-electron chi connectivity index (χ0n) is 18.9. The molecule has 1 saturated heterocycles. The fraction of sp³-hybridized carbons (Fsp3) is 0.458. The van der Waals surface area contributed by atoms with Gasteiger partial charge >= 0.3 is 0 Å². The number of hydrogen-bond acceptors (Lipinski definition) is 7. The highest BCUT2D eigenvalue weighted by Gasteiger charge is 2.25. The molecule has 6 rings (SSSR count). The van der Waals surface area contributed by atoms with Crippen LogP contribution in [0.4, 0.5) is 5.82 Å². The van der Waals surface area contributed by atoms with E-state index in [2.05, 4.69) is 31.2 Å². The SMILES string of the molecule is CCn1c(-c2ccncc2)nc2c(N3CCOCC3)nc(-c3ccnn3CC3CCC3)nc21. The number of fused-ring (bicyclic) bond motifs is 1. The molecule has 2 fully saturated rings. The molecule has 170 valence electrons. The Kier molecular flexibility index (Phi) is 5.26. The molecule has 0 radical (unpaired) electrons. The molecule has 5 heterocycles. The van der Waals surface area contributed by atoms with Crippen molar-refractivity contribution in [3.05, 3.63) is 36.8 Å². The molecule has 9 nitrogen and oxygen atoms in total. The van der Waals surface area contributed by atoms with Crippen molar-refractivity contribution in [1.82, 2.24) is 34.3 Å². The molecule has 0 atom stereocenters. The third-order valence-corrected chi connectivity index (χ3v) is 6.74. The monoisotopic (exact) mass is 444 g/mol. The van der Waals surface area contributed by atoms with E-state index in [1.54, 1.807) is 12.4 Å². The fourth-order valence-corrected chi connectivity index (χ4v) is 4.71. The van der Waals surface area contributed by atoms with Crippen LogP contribution in [-0.4, -0.2) is 60.6 Å². The Hall–Kier alpha value is -3.33. The molecule has 0 spiro atoms. The zero-order chi connectivity index (χ0) is 22.2. The summed E-state index contributed by atoms with van der Waals surface area (Å²) in [5, 5.41) is 4.61. The van der Waals surface area contributed by atoms with Gasteiger partial charge in [0.05, 0.1) is 13.2 Å². The lowest BCUT2D eigenvalue weighted by Crippen LogP contribution is -2.37. The summed E-state index contributed by atoms with van der Waals surface area (Å²) in [7, 11) is 0. The van der Waals surface area contributed by atoms with Crippen molar-refractivity contribution in [3.8, 4) is 22.9 Å². The number of morpholine rings is 1. The summed E-state index contributed by atoms with van der Waals surface area (Å²) in [6, 6.07) is 6.01. The first kappa shape index (κ1) is 20.3. The molecule has 0 unspecified atom stereocenters. The van der Waals surface area contributed by atoms with Crippen molar-refractivity contribution in [2.24, 2.45) is 5.92 Å². The van der Waals surface area contributed by atoms with E-state index >= 15 is 0 Å². The van der Waals surface area contributed by atoms with E-state index in [0.29, 0.717) is 25.0 Å². The highest BCUT2D eigenvalue weighted by molar-refractivity contribution is 5.88. The summed E-state index contributed by atoms with van der Waals surface area (Å²) in [5.41, 5.74) is 3.67. The third kappa shape index (κ3) is 3.66. The topological polar surface area (TPSA) is 86.8 Å². The quantitative estimate of drug-likeness (QED) is 0.450. The van der Waals surface area contributed by atoms with E-state index < -0.39 is 0 Å². The molecule has 4 aromatic heterocycles. The van der Waals surface area contributed by atoms with Crippen molar-refractivity contribution in [3.63, 3.8) is 0 Å². The summed E-state index contributed by atoms with van der Waals surface area (Å²) in [5.74, 6) is 3.17. The minimum Gasteiger partial charge on any atom is -0.378 e. The maximum atomic E-state index is 5.61. The van der Waals surface area contributed by atoms with Gasteiger partial charge in [-0.05, 0) is 43.9 Å².